The van der Waals surface area contributed by atoms with Gasteiger partial charge in [-0.1, -0.05) is 19.3 Å². The molecule has 1 heterocycles. The van der Waals surface area contributed by atoms with Gasteiger partial charge in [-0.3, -0.25) is 25.2 Å². The van der Waals surface area contributed by atoms with Crippen LogP contribution < -0.4 is 10.6 Å². The summed E-state index contributed by atoms with van der Waals surface area (Å²) in [5, 5.41) is 4.79. The second-order valence-corrected chi connectivity index (χ2v) is 4.10. The third kappa shape index (κ3) is 2.55. The van der Waals surface area contributed by atoms with E-state index in [1.165, 1.54) is 32.1 Å². The van der Waals surface area contributed by atoms with E-state index in [4.69, 9.17) is 0 Å². The summed E-state index contributed by atoms with van der Waals surface area (Å²) in [6, 6.07) is 0. The van der Waals surface area contributed by atoms with Gasteiger partial charge in [-0.25, -0.2) is 0 Å². The predicted molar refractivity (Wildman–Crippen MR) is 55.2 cm³/mol. The molecule has 0 bridgehead atoms. The van der Waals surface area contributed by atoms with E-state index in [-0.39, 0.29) is 0 Å². The second-order valence-electron chi connectivity index (χ2n) is 4.10. The standard InChI is InChI=1S/C10H15N3O2/c14-8-9(15)13-10(12-8)11-6-7-4-2-1-3-5-7/h7H,1-6H2,(H2,11,12,13,14,15). The van der Waals surface area contributed by atoms with Crippen molar-refractivity contribution in [3.8, 4) is 0 Å². The monoisotopic (exact) mass is 209 g/mol. The van der Waals surface area contributed by atoms with E-state index in [0.717, 1.165) is 0 Å². The highest BCUT2D eigenvalue weighted by atomic mass is 16.2. The molecule has 0 unspecified atom stereocenters. The summed E-state index contributed by atoms with van der Waals surface area (Å²) in [5.74, 6) is -0.300. The Morgan fingerprint density at radius 3 is 2.27 bits per heavy atom. The maximum Gasteiger partial charge on any atom is 0.316 e. The fourth-order valence-electron chi connectivity index (χ4n) is 2.03. The van der Waals surface area contributed by atoms with Crippen molar-refractivity contribution in [3.05, 3.63) is 0 Å². The minimum absolute atomic E-state index is 0.315. The van der Waals surface area contributed by atoms with Gasteiger partial charge >= 0.3 is 11.8 Å². The molecule has 0 aromatic heterocycles. The molecular weight excluding hydrogens is 194 g/mol. The number of amides is 2. The van der Waals surface area contributed by atoms with E-state index in [1.807, 2.05) is 0 Å². The van der Waals surface area contributed by atoms with E-state index in [2.05, 4.69) is 15.6 Å². The third-order valence-electron chi connectivity index (χ3n) is 2.90. The van der Waals surface area contributed by atoms with E-state index < -0.39 is 11.8 Å². The average Bonchev–Trinajstić information content (AvgIpc) is 2.57. The fourth-order valence-corrected chi connectivity index (χ4v) is 2.03. The molecule has 0 atom stereocenters. The Bertz CT molecular complexity index is 288. The molecule has 1 aliphatic heterocycles. The Hall–Kier alpha value is -1.39. The normalized spacial score (nSPS) is 22.5. The van der Waals surface area contributed by atoms with Crippen LogP contribution in [0.2, 0.25) is 0 Å². The molecule has 1 saturated carbocycles. The van der Waals surface area contributed by atoms with Crippen LogP contribution in [-0.4, -0.2) is 24.3 Å². The van der Waals surface area contributed by atoms with Crippen molar-refractivity contribution < 1.29 is 9.59 Å². The Morgan fingerprint density at radius 1 is 1.07 bits per heavy atom. The molecule has 2 N–H and O–H groups in total. The van der Waals surface area contributed by atoms with Crippen molar-refractivity contribution in [1.82, 2.24) is 10.6 Å². The third-order valence-corrected chi connectivity index (χ3v) is 2.90. The van der Waals surface area contributed by atoms with Gasteiger partial charge in [0.1, 0.15) is 0 Å². The van der Waals surface area contributed by atoms with Crippen molar-refractivity contribution in [2.24, 2.45) is 10.9 Å². The molecule has 15 heavy (non-hydrogen) atoms. The van der Waals surface area contributed by atoms with Crippen LogP contribution in [0.25, 0.3) is 0 Å². The number of hydrogen-bond donors (Lipinski definition) is 2. The zero-order chi connectivity index (χ0) is 10.7. The van der Waals surface area contributed by atoms with Gasteiger partial charge in [-0.15, -0.1) is 0 Å². The van der Waals surface area contributed by atoms with Crippen LogP contribution in [0.4, 0.5) is 0 Å². The van der Waals surface area contributed by atoms with Crippen LogP contribution in [0, 0.1) is 5.92 Å². The zero-order valence-electron chi connectivity index (χ0n) is 8.58. The maximum atomic E-state index is 10.8. The smallest absolute Gasteiger partial charge is 0.288 e. The van der Waals surface area contributed by atoms with Crippen LogP contribution in [0.15, 0.2) is 4.99 Å². The summed E-state index contributed by atoms with van der Waals surface area (Å²) in [6.07, 6.45) is 6.28. The van der Waals surface area contributed by atoms with Gasteiger partial charge in [-0.2, -0.15) is 0 Å². The highest BCUT2D eigenvalue weighted by molar-refractivity contribution is 6.45. The van der Waals surface area contributed by atoms with E-state index in [1.54, 1.807) is 0 Å². The minimum Gasteiger partial charge on any atom is -0.288 e. The van der Waals surface area contributed by atoms with Gasteiger partial charge in [0, 0.05) is 6.54 Å². The molecule has 2 aliphatic rings. The first kappa shape index (κ1) is 10.1. The summed E-state index contributed by atoms with van der Waals surface area (Å²) < 4.78 is 0. The molecule has 0 aromatic carbocycles. The first-order valence-corrected chi connectivity index (χ1v) is 5.42. The van der Waals surface area contributed by atoms with Gasteiger partial charge in [0.25, 0.3) is 0 Å². The van der Waals surface area contributed by atoms with Crippen LogP contribution in [0.5, 0.6) is 0 Å². The fraction of sp³-hybridized carbons (Fsp3) is 0.700. The molecule has 82 valence electrons. The molecule has 0 aromatic rings. The second kappa shape index (κ2) is 4.42. The molecule has 2 amide bonds. The Balaban J connectivity index is 1.83. The Labute approximate surface area is 88.3 Å². The first-order chi connectivity index (χ1) is 7.25. The number of carbonyl (C=O) groups is 2. The van der Waals surface area contributed by atoms with E-state index >= 15 is 0 Å². The van der Waals surface area contributed by atoms with Gasteiger partial charge in [0.2, 0.25) is 5.96 Å². The maximum absolute atomic E-state index is 10.8. The number of nitrogens with zero attached hydrogens (tertiary/aromatic N) is 1. The van der Waals surface area contributed by atoms with E-state index in [9.17, 15) is 9.59 Å². The number of nitrogens with one attached hydrogen (secondary N) is 2. The molecule has 2 fully saturated rings. The summed E-state index contributed by atoms with van der Waals surface area (Å²) in [4.78, 5) is 25.9. The van der Waals surface area contributed by atoms with Crippen molar-refractivity contribution in [2.75, 3.05) is 6.54 Å². The lowest BCUT2D eigenvalue weighted by molar-refractivity contribution is -0.135. The highest BCUT2D eigenvalue weighted by Crippen LogP contribution is 2.23. The van der Waals surface area contributed by atoms with Gasteiger partial charge in [-0.05, 0) is 18.8 Å². The number of hydrogen-bond acceptors (Lipinski definition) is 3. The zero-order valence-corrected chi connectivity index (χ0v) is 8.58. The molecule has 5 heteroatoms. The highest BCUT2D eigenvalue weighted by Gasteiger charge is 2.25. The quantitative estimate of drug-likeness (QED) is 0.636. The van der Waals surface area contributed by atoms with Crippen LogP contribution in [0.3, 0.4) is 0 Å². The van der Waals surface area contributed by atoms with Crippen molar-refractivity contribution >= 4 is 17.8 Å². The molecule has 2 rings (SSSR count). The molecule has 1 aliphatic carbocycles. The SMILES string of the molecule is O=C1NC(=NCC2CCCCC2)NC1=O. The summed E-state index contributed by atoms with van der Waals surface area (Å²) in [5.41, 5.74) is 0. The summed E-state index contributed by atoms with van der Waals surface area (Å²) in [6.45, 7) is 0.704. The molecular formula is C10H15N3O2. The van der Waals surface area contributed by atoms with Gasteiger partial charge in [0.15, 0.2) is 0 Å². The number of carbonyl (C=O) groups excluding carboxylic acids is 2. The van der Waals surface area contributed by atoms with Gasteiger partial charge in [0.05, 0.1) is 0 Å². The lowest BCUT2D eigenvalue weighted by atomic mass is 9.89. The molecule has 5 nitrogen and oxygen atoms in total. The lowest BCUT2D eigenvalue weighted by Crippen LogP contribution is -2.27. The largest absolute Gasteiger partial charge is 0.316 e. The van der Waals surface area contributed by atoms with Gasteiger partial charge < -0.3 is 0 Å². The Kier molecular flexibility index (Phi) is 2.99. The predicted octanol–water partition coefficient (Wildman–Crippen LogP) is 0.169. The Morgan fingerprint density at radius 2 is 1.67 bits per heavy atom. The van der Waals surface area contributed by atoms with Crippen LogP contribution in [-0.2, 0) is 9.59 Å². The number of rotatable bonds is 2. The number of guanidine groups is 1. The first-order valence-electron chi connectivity index (χ1n) is 5.42. The number of aliphatic imine (C=N–C) groups is 1. The van der Waals surface area contributed by atoms with Crippen LogP contribution >= 0.6 is 0 Å². The minimum atomic E-state index is -0.614. The van der Waals surface area contributed by atoms with Crippen molar-refractivity contribution in [2.45, 2.75) is 32.1 Å². The summed E-state index contributed by atoms with van der Waals surface area (Å²) in [7, 11) is 0. The molecule has 1 saturated heterocycles. The van der Waals surface area contributed by atoms with Crippen molar-refractivity contribution in [1.29, 1.82) is 0 Å². The van der Waals surface area contributed by atoms with E-state index in [0.29, 0.717) is 18.4 Å². The molecule has 0 radical (unpaired) electrons. The topological polar surface area (TPSA) is 70.6 Å². The van der Waals surface area contributed by atoms with Crippen molar-refractivity contribution in [3.63, 3.8) is 0 Å². The lowest BCUT2D eigenvalue weighted by Gasteiger charge is -2.19. The molecule has 0 spiro atoms. The average molecular weight is 209 g/mol. The summed E-state index contributed by atoms with van der Waals surface area (Å²) >= 11 is 0. The van der Waals surface area contributed by atoms with Crippen LogP contribution in [0.1, 0.15) is 32.1 Å².